The molecule has 0 radical (unpaired) electrons. The van der Waals surface area contributed by atoms with Crippen LogP contribution in [-0.2, 0) is 13.0 Å². The summed E-state index contributed by atoms with van der Waals surface area (Å²) in [6.07, 6.45) is 1.02. The molecule has 2 aromatic rings. The van der Waals surface area contributed by atoms with E-state index in [9.17, 15) is 0 Å². The number of para-hydroxylation sites is 1. The van der Waals surface area contributed by atoms with E-state index in [2.05, 4.69) is 43.0 Å². The lowest BCUT2D eigenvalue weighted by atomic mass is 9.80. The van der Waals surface area contributed by atoms with E-state index in [0.717, 1.165) is 25.1 Å². The van der Waals surface area contributed by atoms with Gasteiger partial charge < -0.3 is 14.9 Å². The molecule has 0 saturated heterocycles. The van der Waals surface area contributed by atoms with Crippen molar-refractivity contribution in [1.29, 1.82) is 0 Å². The Balaban J connectivity index is 2.19. The van der Waals surface area contributed by atoms with E-state index in [4.69, 9.17) is 10.0 Å². The minimum Gasteiger partial charge on any atom is -0.423 e. The van der Waals surface area contributed by atoms with Crippen LogP contribution >= 0.6 is 0 Å². The van der Waals surface area contributed by atoms with Crippen LogP contribution in [0, 0.1) is 0 Å². The summed E-state index contributed by atoms with van der Waals surface area (Å²) in [5.41, 5.74) is 4.30. The lowest BCUT2D eigenvalue weighted by molar-refractivity contribution is 0.426. The predicted octanol–water partition coefficient (Wildman–Crippen LogP) is 1.96. The van der Waals surface area contributed by atoms with Crippen LogP contribution in [0.4, 0.5) is 5.69 Å². The SMILES string of the molecule is CCc1ccccc1N(CC)Cc1ccc(B(O)O)cc1. The van der Waals surface area contributed by atoms with E-state index in [1.807, 2.05) is 12.1 Å². The zero-order valence-corrected chi connectivity index (χ0v) is 12.7. The molecule has 3 nitrogen and oxygen atoms in total. The third-order valence-electron chi connectivity index (χ3n) is 3.75. The summed E-state index contributed by atoms with van der Waals surface area (Å²) in [6, 6.07) is 15.9. The van der Waals surface area contributed by atoms with E-state index in [1.54, 1.807) is 12.1 Å². The van der Waals surface area contributed by atoms with Gasteiger partial charge in [-0.3, -0.25) is 0 Å². The zero-order chi connectivity index (χ0) is 15.2. The number of aryl methyl sites for hydroxylation is 1. The first-order chi connectivity index (χ1) is 10.2. The van der Waals surface area contributed by atoms with Crippen molar-refractivity contribution in [3.8, 4) is 0 Å². The van der Waals surface area contributed by atoms with Gasteiger partial charge in [0.05, 0.1) is 0 Å². The maximum atomic E-state index is 9.13. The molecule has 0 bridgehead atoms. The van der Waals surface area contributed by atoms with Crippen LogP contribution < -0.4 is 10.4 Å². The Labute approximate surface area is 127 Å². The van der Waals surface area contributed by atoms with Gasteiger partial charge >= 0.3 is 7.12 Å². The van der Waals surface area contributed by atoms with Gasteiger partial charge in [0.1, 0.15) is 0 Å². The van der Waals surface area contributed by atoms with Crippen LogP contribution in [0.15, 0.2) is 48.5 Å². The molecule has 0 amide bonds. The van der Waals surface area contributed by atoms with Crippen molar-refractivity contribution in [1.82, 2.24) is 0 Å². The fourth-order valence-electron chi connectivity index (χ4n) is 2.50. The smallest absolute Gasteiger partial charge is 0.423 e. The lowest BCUT2D eigenvalue weighted by Crippen LogP contribution is -2.30. The molecule has 0 aliphatic carbocycles. The largest absolute Gasteiger partial charge is 0.488 e. The first kappa shape index (κ1) is 15.6. The molecule has 0 fully saturated rings. The molecule has 0 aliphatic heterocycles. The summed E-state index contributed by atoms with van der Waals surface area (Å²) >= 11 is 0. The highest BCUT2D eigenvalue weighted by Crippen LogP contribution is 2.22. The van der Waals surface area contributed by atoms with Crippen LogP contribution in [-0.4, -0.2) is 23.7 Å². The summed E-state index contributed by atoms with van der Waals surface area (Å²) in [6.45, 7) is 6.07. The molecule has 4 heteroatoms. The number of benzene rings is 2. The highest BCUT2D eigenvalue weighted by Gasteiger charge is 2.12. The Morgan fingerprint density at radius 3 is 2.19 bits per heavy atom. The third kappa shape index (κ3) is 3.87. The van der Waals surface area contributed by atoms with Gasteiger partial charge in [0.2, 0.25) is 0 Å². The Bertz CT molecular complexity index is 569. The molecular formula is C17H22BNO2. The van der Waals surface area contributed by atoms with Crippen molar-refractivity contribution >= 4 is 18.3 Å². The van der Waals surface area contributed by atoms with Gasteiger partial charge in [-0.2, -0.15) is 0 Å². The second-order valence-electron chi connectivity index (χ2n) is 5.11. The minimum atomic E-state index is -1.40. The molecular weight excluding hydrogens is 261 g/mol. The molecule has 0 unspecified atom stereocenters. The van der Waals surface area contributed by atoms with Crippen LogP contribution in [0.3, 0.4) is 0 Å². The fourth-order valence-corrected chi connectivity index (χ4v) is 2.50. The quantitative estimate of drug-likeness (QED) is 0.796. The summed E-state index contributed by atoms with van der Waals surface area (Å²) in [7, 11) is -1.40. The Hall–Kier alpha value is -1.78. The number of rotatable bonds is 6. The number of anilines is 1. The van der Waals surface area contributed by atoms with Crippen LogP contribution in [0.2, 0.25) is 0 Å². The predicted molar refractivity (Wildman–Crippen MR) is 88.8 cm³/mol. The van der Waals surface area contributed by atoms with E-state index in [-0.39, 0.29) is 0 Å². The average molecular weight is 283 g/mol. The summed E-state index contributed by atoms with van der Waals surface area (Å²) in [4.78, 5) is 2.34. The van der Waals surface area contributed by atoms with E-state index >= 15 is 0 Å². The number of nitrogens with zero attached hydrogens (tertiary/aromatic N) is 1. The van der Waals surface area contributed by atoms with Gasteiger partial charge in [-0.25, -0.2) is 0 Å². The van der Waals surface area contributed by atoms with Gasteiger partial charge in [-0.1, -0.05) is 49.4 Å². The molecule has 0 heterocycles. The molecule has 2 rings (SSSR count). The Kier molecular flexibility index (Phi) is 5.42. The Morgan fingerprint density at radius 2 is 1.62 bits per heavy atom. The standard InChI is InChI=1S/C17H22BNO2/c1-3-15-7-5-6-8-17(15)19(4-2)13-14-9-11-16(12-10-14)18(20)21/h5-12,20-21H,3-4,13H2,1-2H3. The second kappa shape index (κ2) is 7.30. The van der Waals surface area contributed by atoms with Crippen molar-refractivity contribution in [3.63, 3.8) is 0 Å². The van der Waals surface area contributed by atoms with Crippen LogP contribution in [0.5, 0.6) is 0 Å². The third-order valence-corrected chi connectivity index (χ3v) is 3.75. The average Bonchev–Trinajstić information content (AvgIpc) is 2.53. The molecule has 2 N–H and O–H groups in total. The number of hydrogen-bond acceptors (Lipinski definition) is 3. The molecule has 2 aromatic carbocycles. The van der Waals surface area contributed by atoms with Crippen molar-refractivity contribution in [2.24, 2.45) is 0 Å². The van der Waals surface area contributed by atoms with Crippen molar-refractivity contribution < 1.29 is 10.0 Å². The molecule has 21 heavy (non-hydrogen) atoms. The monoisotopic (exact) mass is 283 g/mol. The van der Waals surface area contributed by atoms with Crippen LogP contribution in [0.1, 0.15) is 25.0 Å². The van der Waals surface area contributed by atoms with E-state index < -0.39 is 7.12 Å². The number of hydrogen-bond donors (Lipinski definition) is 2. The summed E-state index contributed by atoms with van der Waals surface area (Å²) < 4.78 is 0. The van der Waals surface area contributed by atoms with Gasteiger partial charge in [0, 0.05) is 18.8 Å². The van der Waals surface area contributed by atoms with Gasteiger partial charge in [-0.05, 0) is 36.0 Å². The first-order valence-electron chi connectivity index (χ1n) is 7.43. The highest BCUT2D eigenvalue weighted by molar-refractivity contribution is 6.58. The second-order valence-corrected chi connectivity index (χ2v) is 5.11. The maximum Gasteiger partial charge on any atom is 0.488 e. The van der Waals surface area contributed by atoms with E-state index in [1.165, 1.54) is 11.3 Å². The molecule has 0 saturated carbocycles. The van der Waals surface area contributed by atoms with Gasteiger partial charge in [0.25, 0.3) is 0 Å². The Morgan fingerprint density at radius 1 is 0.952 bits per heavy atom. The van der Waals surface area contributed by atoms with E-state index in [0.29, 0.717) is 5.46 Å². The molecule has 0 spiro atoms. The zero-order valence-electron chi connectivity index (χ0n) is 12.7. The van der Waals surface area contributed by atoms with Crippen molar-refractivity contribution in [2.45, 2.75) is 26.8 Å². The molecule has 0 aliphatic rings. The molecule has 0 atom stereocenters. The van der Waals surface area contributed by atoms with Crippen molar-refractivity contribution in [2.75, 3.05) is 11.4 Å². The van der Waals surface area contributed by atoms with Gasteiger partial charge in [-0.15, -0.1) is 0 Å². The summed E-state index contributed by atoms with van der Waals surface area (Å²) in [5, 5.41) is 18.3. The molecule has 0 aromatic heterocycles. The lowest BCUT2D eigenvalue weighted by Gasteiger charge is -2.25. The summed E-state index contributed by atoms with van der Waals surface area (Å²) in [5.74, 6) is 0. The first-order valence-corrected chi connectivity index (χ1v) is 7.43. The fraction of sp³-hybridized carbons (Fsp3) is 0.294. The topological polar surface area (TPSA) is 43.7 Å². The minimum absolute atomic E-state index is 0.524. The normalized spacial score (nSPS) is 10.5. The van der Waals surface area contributed by atoms with Gasteiger partial charge in [0.15, 0.2) is 0 Å². The van der Waals surface area contributed by atoms with Crippen molar-refractivity contribution in [3.05, 3.63) is 59.7 Å². The molecule has 110 valence electrons. The maximum absolute atomic E-state index is 9.13. The highest BCUT2D eigenvalue weighted by atomic mass is 16.4. The van der Waals surface area contributed by atoms with Crippen LogP contribution in [0.25, 0.3) is 0 Å².